The predicted octanol–water partition coefficient (Wildman–Crippen LogP) is 8.87. The first-order chi connectivity index (χ1) is 27.3. The fourth-order valence-corrected chi connectivity index (χ4v) is 8.48. The third-order valence-corrected chi connectivity index (χ3v) is 11.1. The molecule has 2 atom stereocenters. The first-order valence-electron chi connectivity index (χ1n) is 18.7. The van der Waals surface area contributed by atoms with Crippen LogP contribution in [0.15, 0.2) is 139 Å². The lowest BCUT2D eigenvalue weighted by molar-refractivity contribution is -0.384. The van der Waals surface area contributed by atoms with Crippen molar-refractivity contribution in [2.24, 2.45) is 0 Å². The second-order valence-electron chi connectivity index (χ2n) is 14.3. The zero-order valence-corrected chi connectivity index (χ0v) is 30.3. The summed E-state index contributed by atoms with van der Waals surface area (Å²) in [7, 11) is 0. The Balaban J connectivity index is 1.16. The molecule has 6 aromatic rings. The standard InChI is InChI=1S/C46H36N4O6/c51-44-41(27-38-35-17-8-7-15-32(35)18-19-42(38)56-28-29-10-9-16-33(24-29)50(54)55)45(52)49(46(53)47-44)34-25-39-36(30-11-3-1-4-12-30)20-22-48-23-21-37(40(26-34)43(39)48)31-13-5-2-6-14-31/h1-19,24-27,36-37H,20-23,28H2,(H,47,51,53)/b41-27+/t36-,37+. The molecule has 0 saturated carbocycles. The minimum atomic E-state index is -0.819. The van der Waals surface area contributed by atoms with Crippen LogP contribution in [0.25, 0.3) is 16.8 Å². The lowest BCUT2D eigenvalue weighted by atomic mass is 9.76. The van der Waals surface area contributed by atoms with E-state index in [0.29, 0.717) is 22.6 Å². The Morgan fingerprint density at radius 3 is 2.05 bits per heavy atom. The molecule has 0 aliphatic carbocycles. The number of nitrogens with one attached hydrogen (secondary N) is 1. The van der Waals surface area contributed by atoms with Gasteiger partial charge in [0.25, 0.3) is 17.5 Å². The second kappa shape index (κ2) is 14.3. The number of amides is 4. The van der Waals surface area contributed by atoms with Crippen molar-refractivity contribution in [1.29, 1.82) is 0 Å². The quantitative estimate of drug-likeness (QED) is 0.0716. The van der Waals surface area contributed by atoms with Crippen molar-refractivity contribution in [3.63, 3.8) is 0 Å². The van der Waals surface area contributed by atoms with Crippen molar-refractivity contribution in [1.82, 2.24) is 5.32 Å². The van der Waals surface area contributed by atoms with Gasteiger partial charge in [0, 0.05) is 48.3 Å². The van der Waals surface area contributed by atoms with E-state index in [0.717, 1.165) is 69.5 Å². The molecule has 10 nitrogen and oxygen atoms in total. The van der Waals surface area contributed by atoms with Gasteiger partial charge in [0.2, 0.25) is 0 Å². The van der Waals surface area contributed by atoms with Gasteiger partial charge in [-0.25, -0.2) is 9.69 Å². The van der Waals surface area contributed by atoms with Gasteiger partial charge in [0.15, 0.2) is 0 Å². The van der Waals surface area contributed by atoms with Gasteiger partial charge >= 0.3 is 6.03 Å². The molecule has 56 heavy (non-hydrogen) atoms. The van der Waals surface area contributed by atoms with Crippen LogP contribution in [0.4, 0.5) is 21.9 Å². The summed E-state index contributed by atoms with van der Waals surface area (Å²) in [5.41, 5.74) is 6.70. The largest absolute Gasteiger partial charge is 0.488 e. The highest BCUT2D eigenvalue weighted by atomic mass is 16.6. The van der Waals surface area contributed by atoms with Crippen molar-refractivity contribution in [3.8, 4) is 5.75 Å². The summed E-state index contributed by atoms with van der Waals surface area (Å²) in [4.78, 5) is 56.6. The molecule has 0 unspecified atom stereocenters. The number of urea groups is 1. The van der Waals surface area contributed by atoms with Gasteiger partial charge in [-0.2, -0.15) is 0 Å². The predicted molar refractivity (Wildman–Crippen MR) is 215 cm³/mol. The number of fused-ring (bicyclic) bond motifs is 1. The Morgan fingerprint density at radius 2 is 1.39 bits per heavy atom. The summed E-state index contributed by atoms with van der Waals surface area (Å²) < 4.78 is 6.23. The van der Waals surface area contributed by atoms with E-state index in [1.807, 2.05) is 78.9 Å². The number of nitrogens with zero attached hydrogens (tertiary/aromatic N) is 3. The van der Waals surface area contributed by atoms with Crippen LogP contribution in [-0.2, 0) is 16.2 Å². The number of anilines is 2. The minimum Gasteiger partial charge on any atom is -0.488 e. The molecule has 276 valence electrons. The smallest absolute Gasteiger partial charge is 0.335 e. The number of carbonyl (C=O) groups is 3. The molecule has 1 fully saturated rings. The van der Waals surface area contributed by atoms with Gasteiger partial charge in [-0.05, 0) is 75.7 Å². The first kappa shape index (κ1) is 34.7. The van der Waals surface area contributed by atoms with E-state index in [2.05, 4.69) is 34.5 Å². The Kier molecular flexibility index (Phi) is 8.85. The summed E-state index contributed by atoms with van der Waals surface area (Å²) in [6.45, 7) is 1.78. The fraction of sp³-hybridized carbons (Fsp3) is 0.152. The van der Waals surface area contributed by atoms with E-state index in [1.54, 1.807) is 18.2 Å². The van der Waals surface area contributed by atoms with Crippen LogP contribution in [0.1, 0.15) is 58.1 Å². The molecule has 0 spiro atoms. The van der Waals surface area contributed by atoms with E-state index in [-0.39, 0.29) is 29.7 Å². The molecule has 6 aromatic carbocycles. The molecule has 9 rings (SSSR count). The number of benzene rings is 6. The van der Waals surface area contributed by atoms with E-state index in [4.69, 9.17) is 4.74 Å². The number of nitro groups is 1. The van der Waals surface area contributed by atoms with Crippen LogP contribution < -0.4 is 19.9 Å². The van der Waals surface area contributed by atoms with Gasteiger partial charge < -0.3 is 9.64 Å². The number of rotatable bonds is 8. The molecular weight excluding hydrogens is 705 g/mol. The molecule has 3 aliphatic heterocycles. The van der Waals surface area contributed by atoms with Gasteiger partial charge in [0.1, 0.15) is 17.9 Å². The third kappa shape index (κ3) is 6.24. The highest BCUT2D eigenvalue weighted by molar-refractivity contribution is 6.39. The average Bonchev–Trinajstić information content (AvgIpc) is 3.22. The van der Waals surface area contributed by atoms with Gasteiger partial charge in [-0.3, -0.25) is 25.0 Å². The van der Waals surface area contributed by atoms with Crippen molar-refractivity contribution >= 4 is 51.8 Å². The van der Waals surface area contributed by atoms with Crippen molar-refractivity contribution in [2.75, 3.05) is 22.9 Å². The molecule has 1 N–H and O–H groups in total. The number of non-ortho nitro benzene ring substituents is 1. The molecule has 0 radical (unpaired) electrons. The number of hydrogen-bond donors (Lipinski definition) is 1. The van der Waals surface area contributed by atoms with E-state index in [1.165, 1.54) is 18.2 Å². The van der Waals surface area contributed by atoms with Crippen LogP contribution in [0, 0.1) is 10.1 Å². The van der Waals surface area contributed by atoms with Crippen molar-refractivity contribution < 1.29 is 24.0 Å². The SMILES string of the molecule is O=C1NC(=O)N(c2cc3c4c(c2)[C@H](c2ccccc2)CCN4CC[C@@H]3c2ccccc2)C(=O)/C1=C/c1c(OCc2cccc([N+](=O)[O-])c2)ccc2ccccc12. The lowest BCUT2D eigenvalue weighted by Gasteiger charge is -2.44. The van der Waals surface area contributed by atoms with Gasteiger partial charge in [0.05, 0.1) is 10.6 Å². The summed E-state index contributed by atoms with van der Waals surface area (Å²) in [6, 6.07) is 41.0. The van der Waals surface area contributed by atoms with Crippen LogP contribution in [0.3, 0.4) is 0 Å². The van der Waals surface area contributed by atoms with Crippen molar-refractivity contribution in [3.05, 3.63) is 183 Å². The average molecular weight is 741 g/mol. The van der Waals surface area contributed by atoms with Crippen LogP contribution in [0.5, 0.6) is 5.75 Å². The number of hydrogen-bond acceptors (Lipinski definition) is 7. The number of nitro benzene ring substituents is 1. The van der Waals surface area contributed by atoms with Crippen LogP contribution in [0.2, 0.25) is 0 Å². The first-order valence-corrected chi connectivity index (χ1v) is 18.7. The zero-order chi connectivity index (χ0) is 38.3. The topological polar surface area (TPSA) is 122 Å². The van der Waals surface area contributed by atoms with E-state index < -0.39 is 22.8 Å². The third-order valence-electron chi connectivity index (χ3n) is 11.1. The van der Waals surface area contributed by atoms with Gasteiger partial charge in [-0.15, -0.1) is 0 Å². The normalized spacial score (nSPS) is 18.5. The summed E-state index contributed by atoms with van der Waals surface area (Å²) in [6.07, 6.45) is 3.23. The maximum absolute atomic E-state index is 14.7. The van der Waals surface area contributed by atoms with Crippen LogP contribution >= 0.6 is 0 Å². The summed E-state index contributed by atoms with van der Waals surface area (Å²) >= 11 is 0. The number of barbiturate groups is 1. The maximum atomic E-state index is 14.7. The molecule has 0 bridgehead atoms. The zero-order valence-electron chi connectivity index (χ0n) is 30.3. The fourth-order valence-electron chi connectivity index (χ4n) is 8.48. The summed E-state index contributed by atoms with van der Waals surface area (Å²) in [5, 5.41) is 15.4. The second-order valence-corrected chi connectivity index (χ2v) is 14.3. The number of ether oxygens (including phenoxy) is 1. The van der Waals surface area contributed by atoms with Gasteiger partial charge in [-0.1, -0.05) is 103 Å². The Bertz CT molecular complexity index is 2520. The van der Waals surface area contributed by atoms with E-state index >= 15 is 0 Å². The molecular formula is C46H36N4O6. The van der Waals surface area contributed by atoms with E-state index in [9.17, 15) is 24.5 Å². The highest BCUT2D eigenvalue weighted by Gasteiger charge is 2.41. The maximum Gasteiger partial charge on any atom is 0.335 e. The molecule has 10 heteroatoms. The number of carbonyl (C=O) groups excluding carboxylic acids is 3. The lowest BCUT2D eigenvalue weighted by Crippen LogP contribution is -2.54. The Morgan fingerprint density at radius 1 is 0.750 bits per heavy atom. The molecule has 3 aliphatic rings. The monoisotopic (exact) mass is 740 g/mol. The van der Waals surface area contributed by atoms with Crippen molar-refractivity contribution in [2.45, 2.75) is 31.3 Å². The Hall–Kier alpha value is -7.07. The Labute approximate surface area is 322 Å². The molecule has 3 heterocycles. The minimum absolute atomic E-state index is 0.00102. The number of imide groups is 2. The molecule has 0 aromatic heterocycles. The highest BCUT2D eigenvalue weighted by Crippen LogP contribution is 2.50. The molecule has 4 amide bonds. The van der Waals surface area contributed by atoms with Crippen LogP contribution in [-0.4, -0.2) is 35.9 Å². The summed E-state index contributed by atoms with van der Waals surface area (Å²) in [5.74, 6) is -1.13. The molecule has 1 saturated heterocycles.